The zero-order valence-electron chi connectivity index (χ0n) is 15.6. The summed E-state index contributed by atoms with van der Waals surface area (Å²) in [6, 6.07) is 0.600. The second-order valence-electron chi connectivity index (χ2n) is 7.71. The number of carbonyl (C=O) groups excluding carboxylic acids is 1. The van der Waals surface area contributed by atoms with Crippen molar-refractivity contribution in [3.63, 3.8) is 0 Å². The molecule has 2 fully saturated rings. The number of H-pyrrole nitrogens is 1. The molecule has 1 aromatic rings. The standard InChI is InChI=1S/C19H30N4O3/c1-14-20-10-16(21-14)12-23(13-18(24)25)19(26)15-6-5-9-22(11-15)17-7-3-2-4-8-17/h10,15,17H,2-9,11-13H2,1H3,(H,20,21)(H,24,25). The van der Waals surface area contributed by atoms with E-state index in [-0.39, 0.29) is 24.9 Å². The lowest BCUT2D eigenvalue weighted by Crippen LogP contribution is -2.49. The number of hydrogen-bond donors (Lipinski definition) is 2. The number of carboxylic acids is 1. The molecule has 144 valence electrons. The van der Waals surface area contributed by atoms with Crippen LogP contribution in [0.3, 0.4) is 0 Å². The molecule has 1 atom stereocenters. The lowest BCUT2D eigenvalue weighted by molar-refractivity contribution is -0.148. The molecule has 1 amide bonds. The van der Waals surface area contributed by atoms with E-state index in [4.69, 9.17) is 0 Å². The largest absolute Gasteiger partial charge is 0.480 e. The van der Waals surface area contributed by atoms with E-state index in [2.05, 4.69) is 14.9 Å². The molecule has 0 spiro atoms. The predicted molar refractivity (Wildman–Crippen MR) is 97.5 cm³/mol. The van der Waals surface area contributed by atoms with Gasteiger partial charge in [-0.05, 0) is 39.2 Å². The maximum atomic E-state index is 13.1. The van der Waals surface area contributed by atoms with Gasteiger partial charge in [-0.1, -0.05) is 19.3 Å². The fourth-order valence-electron chi connectivity index (χ4n) is 4.38. The number of aryl methyl sites for hydroxylation is 1. The molecule has 2 heterocycles. The Kier molecular flexibility index (Phi) is 6.29. The van der Waals surface area contributed by atoms with Crippen LogP contribution < -0.4 is 0 Å². The molecule has 1 aromatic heterocycles. The molecular formula is C19H30N4O3. The summed E-state index contributed by atoms with van der Waals surface area (Å²) >= 11 is 0. The summed E-state index contributed by atoms with van der Waals surface area (Å²) in [4.78, 5) is 35.5. The number of likely N-dealkylation sites (tertiary alicyclic amines) is 1. The SMILES string of the molecule is Cc1ncc(CN(CC(=O)O)C(=O)C2CCCN(C3CCCCC3)C2)[nH]1. The number of amides is 1. The van der Waals surface area contributed by atoms with Gasteiger partial charge < -0.3 is 15.0 Å². The van der Waals surface area contributed by atoms with Gasteiger partial charge in [-0.2, -0.15) is 0 Å². The van der Waals surface area contributed by atoms with Crippen molar-refractivity contribution in [2.24, 2.45) is 5.92 Å². The summed E-state index contributed by atoms with van der Waals surface area (Å²) in [5.41, 5.74) is 0.775. The average molecular weight is 362 g/mol. The van der Waals surface area contributed by atoms with E-state index in [9.17, 15) is 14.7 Å². The molecular weight excluding hydrogens is 332 g/mol. The molecule has 1 aliphatic heterocycles. The lowest BCUT2D eigenvalue weighted by atomic mass is 9.89. The summed E-state index contributed by atoms with van der Waals surface area (Å²) in [6.07, 6.45) is 9.88. The Morgan fingerprint density at radius 3 is 2.69 bits per heavy atom. The van der Waals surface area contributed by atoms with Crippen LogP contribution in [-0.2, 0) is 16.1 Å². The lowest BCUT2D eigenvalue weighted by Gasteiger charge is -2.40. The summed E-state index contributed by atoms with van der Waals surface area (Å²) < 4.78 is 0. The number of hydrogen-bond acceptors (Lipinski definition) is 4. The Hall–Kier alpha value is -1.89. The molecule has 1 aliphatic carbocycles. The third-order valence-corrected chi connectivity index (χ3v) is 5.65. The highest BCUT2D eigenvalue weighted by atomic mass is 16.4. The van der Waals surface area contributed by atoms with Crippen molar-refractivity contribution < 1.29 is 14.7 Å². The molecule has 1 saturated heterocycles. The molecule has 7 nitrogen and oxygen atoms in total. The number of nitrogens with zero attached hydrogens (tertiary/aromatic N) is 3. The van der Waals surface area contributed by atoms with Gasteiger partial charge in [0.15, 0.2) is 0 Å². The van der Waals surface area contributed by atoms with Gasteiger partial charge in [0, 0.05) is 12.6 Å². The van der Waals surface area contributed by atoms with Crippen molar-refractivity contribution in [2.75, 3.05) is 19.6 Å². The van der Waals surface area contributed by atoms with Crippen LogP contribution in [0.4, 0.5) is 0 Å². The average Bonchev–Trinajstić information content (AvgIpc) is 3.06. The molecule has 2 aliphatic rings. The molecule has 1 saturated carbocycles. The highest BCUT2D eigenvalue weighted by Crippen LogP contribution is 2.28. The van der Waals surface area contributed by atoms with Crippen molar-refractivity contribution >= 4 is 11.9 Å². The molecule has 0 bridgehead atoms. The number of aliphatic carboxylic acids is 1. The Morgan fingerprint density at radius 1 is 1.27 bits per heavy atom. The molecule has 1 unspecified atom stereocenters. The van der Waals surface area contributed by atoms with E-state index in [1.807, 2.05) is 6.92 Å². The van der Waals surface area contributed by atoms with Crippen molar-refractivity contribution in [3.8, 4) is 0 Å². The number of aromatic amines is 1. The fraction of sp³-hybridized carbons (Fsp3) is 0.737. The van der Waals surface area contributed by atoms with Crippen molar-refractivity contribution in [1.29, 1.82) is 0 Å². The first-order chi connectivity index (χ1) is 12.5. The first kappa shape index (κ1) is 18.9. The second kappa shape index (κ2) is 8.66. The van der Waals surface area contributed by atoms with Crippen molar-refractivity contribution in [1.82, 2.24) is 19.8 Å². The van der Waals surface area contributed by atoms with Crippen LogP contribution in [0.5, 0.6) is 0 Å². The Balaban J connectivity index is 1.65. The molecule has 7 heteroatoms. The molecule has 2 N–H and O–H groups in total. The van der Waals surface area contributed by atoms with Crippen LogP contribution in [0.2, 0.25) is 0 Å². The smallest absolute Gasteiger partial charge is 0.323 e. The van der Waals surface area contributed by atoms with Gasteiger partial charge in [-0.15, -0.1) is 0 Å². The van der Waals surface area contributed by atoms with Crippen LogP contribution in [0.25, 0.3) is 0 Å². The van der Waals surface area contributed by atoms with Crippen LogP contribution in [0, 0.1) is 12.8 Å². The summed E-state index contributed by atoms with van der Waals surface area (Å²) in [7, 11) is 0. The Labute approximate surface area is 154 Å². The van der Waals surface area contributed by atoms with Crippen molar-refractivity contribution in [2.45, 2.75) is 64.5 Å². The summed E-state index contributed by atoms with van der Waals surface area (Å²) in [5.74, 6) is -0.354. The highest BCUT2D eigenvalue weighted by Gasteiger charge is 2.33. The number of nitrogens with one attached hydrogen (secondary N) is 1. The van der Waals surface area contributed by atoms with Crippen LogP contribution >= 0.6 is 0 Å². The van der Waals surface area contributed by atoms with E-state index < -0.39 is 5.97 Å². The molecule has 0 radical (unpaired) electrons. The number of carbonyl (C=O) groups is 2. The number of rotatable bonds is 6. The monoisotopic (exact) mass is 362 g/mol. The fourth-order valence-corrected chi connectivity index (χ4v) is 4.38. The maximum Gasteiger partial charge on any atom is 0.323 e. The minimum atomic E-state index is -0.977. The summed E-state index contributed by atoms with van der Waals surface area (Å²) in [5, 5.41) is 9.24. The Morgan fingerprint density at radius 2 is 2.04 bits per heavy atom. The first-order valence-electron chi connectivity index (χ1n) is 9.78. The third kappa shape index (κ3) is 4.84. The third-order valence-electron chi connectivity index (χ3n) is 5.65. The van der Waals surface area contributed by atoms with Gasteiger partial charge in [0.1, 0.15) is 12.4 Å². The van der Waals surface area contributed by atoms with Gasteiger partial charge in [-0.25, -0.2) is 4.98 Å². The normalized spacial score (nSPS) is 22.3. The highest BCUT2D eigenvalue weighted by molar-refractivity contribution is 5.83. The summed E-state index contributed by atoms with van der Waals surface area (Å²) in [6.45, 7) is 3.67. The van der Waals surface area contributed by atoms with Crippen LogP contribution in [-0.4, -0.2) is 62.4 Å². The number of aromatic nitrogens is 2. The number of carboxylic acid groups (broad SMARTS) is 1. The van der Waals surface area contributed by atoms with Crippen LogP contribution in [0.1, 0.15) is 56.5 Å². The second-order valence-corrected chi connectivity index (χ2v) is 7.71. The predicted octanol–water partition coefficient (Wildman–Crippen LogP) is 2.18. The van der Waals surface area contributed by atoms with Gasteiger partial charge in [-0.3, -0.25) is 14.5 Å². The van der Waals surface area contributed by atoms with Crippen molar-refractivity contribution in [3.05, 3.63) is 17.7 Å². The van der Waals surface area contributed by atoms with Gasteiger partial charge in [0.2, 0.25) is 5.91 Å². The van der Waals surface area contributed by atoms with E-state index in [1.54, 1.807) is 6.20 Å². The van der Waals surface area contributed by atoms with E-state index in [0.29, 0.717) is 6.04 Å². The Bertz CT molecular complexity index is 624. The van der Waals surface area contributed by atoms with E-state index >= 15 is 0 Å². The van der Waals surface area contributed by atoms with Crippen LogP contribution in [0.15, 0.2) is 6.20 Å². The zero-order chi connectivity index (χ0) is 18.5. The van der Waals surface area contributed by atoms with Gasteiger partial charge in [0.05, 0.1) is 24.4 Å². The van der Waals surface area contributed by atoms with Gasteiger partial charge in [0.25, 0.3) is 0 Å². The molecule has 0 aromatic carbocycles. The molecule has 3 rings (SSSR count). The molecule has 26 heavy (non-hydrogen) atoms. The topological polar surface area (TPSA) is 89.5 Å². The number of piperidine rings is 1. The zero-order valence-corrected chi connectivity index (χ0v) is 15.6. The van der Waals surface area contributed by atoms with Gasteiger partial charge >= 0.3 is 5.97 Å². The first-order valence-corrected chi connectivity index (χ1v) is 9.78. The quantitative estimate of drug-likeness (QED) is 0.809. The minimum absolute atomic E-state index is 0.0415. The van der Waals surface area contributed by atoms with E-state index in [1.165, 1.54) is 37.0 Å². The van der Waals surface area contributed by atoms with E-state index in [0.717, 1.165) is 37.4 Å². The number of imidazole rings is 1. The maximum absolute atomic E-state index is 13.1. The minimum Gasteiger partial charge on any atom is -0.480 e.